The molecular formula is C17H22N4OS. The van der Waals surface area contributed by atoms with E-state index in [4.69, 9.17) is 4.74 Å². The molecule has 5 nitrogen and oxygen atoms in total. The lowest BCUT2D eigenvalue weighted by atomic mass is 9.87. The summed E-state index contributed by atoms with van der Waals surface area (Å²) in [5.41, 5.74) is 1.45. The molecule has 0 aliphatic rings. The summed E-state index contributed by atoms with van der Waals surface area (Å²) in [7, 11) is 0. The van der Waals surface area contributed by atoms with E-state index in [-0.39, 0.29) is 5.41 Å². The first kappa shape index (κ1) is 15.9. The van der Waals surface area contributed by atoms with Crippen molar-refractivity contribution < 1.29 is 4.74 Å². The van der Waals surface area contributed by atoms with E-state index in [1.165, 1.54) is 16.9 Å². The second-order valence-electron chi connectivity index (χ2n) is 6.97. The van der Waals surface area contributed by atoms with E-state index in [2.05, 4.69) is 62.0 Å². The smallest absolute Gasteiger partial charge is 0.234 e. The molecule has 0 spiro atoms. The molecule has 0 atom stereocenters. The van der Waals surface area contributed by atoms with Crippen molar-refractivity contribution >= 4 is 16.3 Å². The molecule has 2 aromatic heterocycles. The highest BCUT2D eigenvalue weighted by atomic mass is 32.1. The zero-order valence-corrected chi connectivity index (χ0v) is 15.0. The fourth-order valence-electron chi connectivity index (χ4n) is 2.29. The van der Waals surface area contributed by atoms with E-state index in [1.807, 2.05) is 16.6 Å². The van der Waals surface area contributed by atoms with Crippen LogP contribution < -0.4 is 4.74 Å². The second kappa shape index (κ2) is 5.92. The van der Waals surface area contributed by atoms with Crippen molar-refractivity contribution in [2.45, 2.75) is 52.6 Å². The first-order valence-corrected chi connectivity index (χ1v) is 8.60. The number of nitrogens with zero attached hydrogens (tertiary/aromatic N) is 4. The average Bonchev–Trinajstić information content (AvgIpc) is 3.04. The van der Waals surface area contributed by atoms with Crippen molar-refractivity contribution in [3.63, 3.8) is 0 Å². The summed E-state index contributed by atoms with van der Waals surface area (Å²) in [6, 6.07) is 8.26. The molecule has 0 fully saturated rings. The van der Waals surface area contributed by atoms with Crippen LogP contribution in [-0.4, -0.2) is 19.8 Å². The van der Waals surface area contributed by atoms with Gasteiger partial charge in [-0.15, -0.1) is 10.2 Å². The maximum absolute atomic E-state index is 5.85. The minimum atomic E-state index is 0.152. The summed E-state index contributed by atoms with van der Waals surface area (Å²) in [5, 5.41) is 13.8. The summed E-state index contributed by atoms with van der Waals surface area (Å²) in [4.78, 5) is 0.815. The van der Waals surface area contributed by atoms with Gasteiger partial charge in [-0.1, -0.05) is 58.1 Å². The highest BCUT2D eigenvalue weighted by Gasteiger charge is 2.15. The number of rotatable bonds is 4. The summed E-state index contributed by atoms with van der Waals surface area (Å²) in [6.45, 7) is 11.2. The zero-order valence-electron chi connectivity index (χ0n) is 14.2. The molecule has 0 bridgehead atoms. The van der Waals surface area contributed by atoms with Gasteiger partial charge in [0.2, 0.25) is 4.96 Å². The number of aromatic nitrogens is 4. The maximum Gasteiger partial charge on any atom is 0.234 e. The summed E-state index contributed by atoms with van der Waals surface area (Å²) >= 11 is 1.52. The number of benzene rings is 1. The van der Waals surface area contributed by atoms with Crippen LogP contribution in [0.4, 0.5) is 0 Å². The molecule has 23 heavy (non-hydrogen) atoms. The Morgan fingerprint density at radius 1 is 1.13 bits per heavy atom. The lowest BCUT2D eigenvalue weighted by molar-refractivity contribution is 0.303. The molecule has 0 saturated carbocycles. The minimum Gasteiger partial charge on any atom is -0.486 e. The molecule has 6 heteroatoms. The van der Waals surface area contributed by atoms with Crippen molar-refractivity contribution in [3.8, 4) is 5.75 Å². The third kappa shape index (κ3) is 3.37. The Bertz CT molecular complexity index is 796. The van der Waals surface area contributed by atoms with E-state index in [0.717, 1.165) is 21.5 Å². The molecule has 0 N–H and O–H groups in total. The molecule has 0 radical (unpaired) electrons. The lowest BCUT2D eigenvalue weighted by Crippen LogP contribution is -2.10. The van der Waals surface area contributed by atoms with Gasteiger partial charge in [-0.2, -0.15) is 9.61 Å². The molecule has 0 unspecified atom stereocenters. The highest BCUT2D eigenvalue weighted by Crippen LogP contribution is 2.25. The van der Waals surface area contributed by atoms with Crippen LogP contribution in [0.5, 0.6) is 5.75 Å². The number of ether oxygens (including phenoxy) is 1. The van der Waals surface area contributed by atoms with E-state index < -0.39 is 0 Å². The van der Waals surface area contributed by atoms with Crippen molar-refractivity contribution in [3.05, 3.63) is 40.7 Å². The Balaban J connectivity index is 1.71. The largest absolute Gasteiger partial charge is 0.486 e. The molecule has 3 rings (SSSR count). The fraction of sp³-hybridized carbons (Fsp3) is 0.471. The lowest BCUT2D eigenvalue weighted by Gasteiger charge is -2.19. The number of hydrogen-bond donors (Lipinski definition) is 0. The predicted molar refractivity (Wildman–Crippen MR) is 92.2 cm³/mol. The van der Waals surface area contributed by atoms with Crippen LogP contribution in [0.3, 0.4) is 0 Å². The van der Waals surface area contributed by atoms with Crippen LogP contribution in [0.25, 0.3) is 4.96 Å². The summed E-state index contributed by atoms with van der Waals surface area (Å²) in [5.74, 6) is 2.04. The van der Waals surface area contributed by atoms with Crippen LogP contribution in [-0.2, 0) is 12.0 Å². The molecule has 0 aliphatic heterocycles. The van der Waals surface area contributed by atoms with Crippen LogP contribution >= 0.6 is 11.3 Å². The Labute approximate surface area is 140 Å². The van der Waals surface area contributed by atoms with Crippen LogP contribution in [0.1, 0.15) is 56.9 Å². The molecule has 1 aromatic carbocycles. The van der Waals surface area contributed by atoms with Gasteiger partial charge in [-0.25, -0.2) is 0 Å². The van der Waals surface area contributed by atoms with Crippen molar-refractivity contribution in [1.29, 1.82) is 0 Å². The SMILES string of the molecule is CC(C)c1nnc2sc(COc3ccc(C(C)(C)C)cc3)nn12. The van der Waals surface area contributed by atoms with Crippen LogP contribution in [0.15, 0.2) is 24.3 Å². The standard InChI is InChI=1S/C17H22N4OS/c1-11(2)15-18-19-16-21(15)20-14(23-16)10-22-13-8-6-12(7-9-13)17(3,4)5/h6-9,11H,10H2,1-5H3. The van der Waals surface area contributed by atoms with E-state index >= 15 is 0 Å². The second-order valence-corrected chi connectivity index (χ2v) is 8.01. The van der Waals surface area contributed by atoms with Gasteiger partial charge in [0, 0.05) is 5.92 Å². The number of fused-ring (bicyclic) bond motifs is 1. The van der Waals surface area contributed by atoms with Crippen molar-refractivity contribution in [2.75, 3.05) is 0 Å². The Kier molecular flexibility index (Phi) is 4.10. The van der Waals surface area contributed by atoms with Crippen molar-refractivity contribution in [1.82, 2.24) is 19.8 Å². The molecular weight excluding hydrogens is 308 g/mol. The monoisotopic (exact) mass is 330 g/mol. The Morgan fingerprint density at radius 2 is 1.83 bits per heavy atom. The maximum atomic E-state index is 5.85. The predicted octanol–water partition coefficient (Wildman–Crippen LogP) is 4.19. The molecule has 2 heterocycles. The van der Waals surface area contributed by atoms with Gasteiger partial charge in [-0.05, 0) is 23.1 Å². The topological polar surface area (TPSA) is 52.3 Å². The van der Waals surface area contributed by atoms with E-state index in [9.17, 15) is 0 Å². The van der Waals surface area contributed by atoms with Crippen LogP contribution in [0, 0.1) is 0 Å². The molecule has 0 aliphatic carbocycles. The summed E-state index contributed by atoms with van der Waals surface area (Å²) < 4.78 is 7.66. The van der Waals surface area contributed by atoms with Gasteiger partial charge in [-0.3, -0.25) is 0 Å². The first-order valence-electron chi connectivity index (χ1n) is 7.79. The van der Waals surface area contributed by atoms with Gasteiger partial charge < -0.3 is 4.74 Å². The molecule has 122 valence electrons. The molecule has 0 amide bonds. The third-order valence-electron chi connectivity index (χ3n) is 3.66. The minimum absolute atomic E-state index is 0.152. The highest BCUT2D eigenvalue weighted by molar-refractivity contribution is 7.16. The normalized spacial score (nSPS) is 12.3. The van der Waals surface area contributed by atoms with Crippen LogP contribution in [0.2, 0.25) is 0 Å². The number of hydrogen-bond acceptors (Lipinski definition) is 5. The zero-order chi connectivity index (χ0) is 16.6. The van der Waals surface area contributed by atoms with Gasteiger partial charge in [0.25, 0.3) is 0 Å². The van der Waals surface area contributed by atoms with Gasteiger partial charge in [0.1, 0.15) is 12.4 Å². The van der Waals surface area contributed by atoms with Gasteiger partial charge >= 0.3 is 0 Å². The van der Waals surface area contributed by atoms with Crippen molar-refractivity contribution in [2.24, 2.45) is 0 Å². The fourth-order valence-corrected chi connectivity index (χ4v) is 3.04. The first-order chi connectivity index (χ1) is 10.8. The third-order valence-corrected chi connectivity index (χ3v) is 4.53. The van der Waals surface area contributed by atoms with Gasteiger partial charge in [0.15, 0.2) is 10.8 Å². The van der Waals surface area contributed by atoms with Gasteiger partial charge in [0.05, 0.1) is 0 Å². The average molecular weight is 330 g/mol. The van der Waals surface area contributed by atoms with E-state index in [1.54, 1.807) is 0 Å². The Morgan fingerprint density at radius 3 is 2.43 bits per heavy atom. The molecule has 0 saturated heterocycles. The Hall–Kier alpha value is -1.95. The molecule has 3 aromatic rings. The summed E-state index contributed by atoms with van der Waals surface area (Å²) in [6.07, 6.45) is 0. The van der Waals surface area contributed by atoms with E-state index in [0.29, 0.717) is 12.5 Å². The quantitative estimate of drug-likeness (QED) is 0.720.